The highest BCUT2D eigenvalue weighted by Crippen LogP contribution is 2.39. The van der Waals surface area contributed by atoms with Gasteiger partial charge in [0.25, 0.3) is 5.89 Å². The summed E-state index contributed by atoms with van der Waals surface area (Å²) in [5, 5.41) is 8.33. The molecule has 1 aliphatic heterocycles. The van der Waals surface area contributed by atoms with Crippen LogP contribution in [0.3, 0.4) is 0 Å². The molecule has 8 heteroatoms. The quantitative estimate of drug-likeness (QED) is 0.311. The van der Waals surface area contributed by atoms with Crippen molar-refractivity contribution in [2.45, 2.75) is 19.9 Å². The van der Waals surface area contributed by atoms with E-state index in [9.17, 15) is 0 Å². The predicted molar refractivity (Wildman–Crippen MR) is 144 cm³/mol. The van der Waals surface area contributed by atoms with E-state index in [1.165, 1.54) is 0 Å². The summed E-state index contributed by atoms with van der Waals surface area (Å²) in [6, 6.07) is 25.2. The van der Waals surface area contributed by atoms with E-state index < -0.39 is 0 Å². The Bertz CT molecular complexity index is 1380. The van der Waals surface area contributed by atoms with Gasteiger partial charge in [-0.1, -0.05) is 47.6 Å². The zero-order valence-electron chi connectivity index (χ0n) is 20.3. The van der Waals surface area contributed by atoms with Crippen molar-refractivity contribution >= 4 is 28.6 Å². The van der Waals surface area contributed by atoms with Crippen molar-refractivity contribution in [3.63, 3.8) is 0 Å². The topological polar surface area (TPSA) is 72.7 Å². The minimum absolute atomic E-state index is 0.285. The second-order valence-corrected chi connectivity index (χ2v) is 8.59. The summed E-state index contributed by atoms with van der Waals surface area (Å²) >= 11 is 5.83. The summed E-state index contributed by atoms with van der Waals surface area (Å²) in [6.07, 6.45) is 0. The van der Waals surface area contributed by atoms with Crippen LogP contribution >= 0.6 is 12.2 Å². The molecule has 5 rings (SSSR count). The molecule has 7 nitrogen and oxygen atoms in total. The molecule has 1 aliphatic rings. The van der Waals surface area contributed by atoms with E-state index in [1.54, 1.807) is 7.11 Å². The monoisotopic (exact) mass is 498 g/mol. The molecule has 0 fully saturated rings. The first-order valence-corrected chi connectivity index (χ1v) is 12.1. The fraction of sp³-hybridized carbons (Fsp3) is 0.179. The van der Waals surface area contributed by atoms with Crippen LogP contribution in [0.4, 0.5) is 5.69 Å². The van der Waals surface area contributed by atoms with Gasteiger partial charge in [-0.2, -0.15) is 4.98 Å². The first-order chi connectivity index (χ1) is 17.6. The molecule has 1 aromatic heterocycles. The lowest BCUT2D eigenvalue weighted by Crippen LogP contribution is -2.46. The van der Waals surface area contributed by atoms with Crippen molar-refractivity contribution in [1.29, 1.82) is 0 Å². The van der Waals surface area contributed by atoms with Gasteiger partial charge in [-0.3, -0.25) is 4.90 Å². The molecule has 0 saturated carbocycles. The van der Waals surface area contributed by atoms with Crippen LogP contribution < -0.4 is 19.7 Å². The second-order valence-electron chi connectivity index (χ2n) is 8.21. The van der Waals surface area contributed by atoms with Crippen molar-refractivity contribution in [3.8, 4) is 22.9 Å². The highest BCUT2D eigenvalue weighted by molar-refractivity contribution is 7.80. The van der Waals surface area contributed by atoms with Crippen LogP contribution in [0.5, 0.6) is 11.5 Å². The Morgan fingerprint density at radius 2 is 1.67 bits per heavy atom. The number of benzene rings is 3. The standard InChI is InChI=1S/C28H26N4O3S/c1-4-34-23-14-10-19(11-15-23)25-24(27-30-26(31-35-27)20-8-6-5-7-9-20)18(2)32(28(36)29-25)21-12-16-22(33-3)17-13-21/h5-17,25H,4H2,1-3H3,(H,29,36). The number of methoxy groups -OCH3 is 1. The van der Waals surface area contributed by atoms with Gasteiger partial charge in [-0.15, -0.1) is 0 Å². The SMILES string of the molecule is CCOc1ccc(C2NC(=S)N(c3ccc(OC)cc3)C(C)=C2c2nc(-c3ccccc3)no2)cc1. The van der Waals surface area contributed by atoms with E-state index >= 15 is 0 Å². The van der Waals surface area contributed by atoms with Gasteiger partial charge in [-0.25, -0.2) is 0 Å². The highest BCUT2D eigenvalue weighted by Gasteiger charge is 2.34. The van der Waals surface area contributed by atoms with Gasteiger partial charge < -0.3 is 19.3 Å². The zero-order valence-corrected chi connectivity index (χ0v) is 21.1. The van der Waals surface area contributed by atoms with E-state index in [1.807, 2.05) is 97.6 Å². The van der Waals surface area contributed by atoms with Crippen molar-refractivity contribution in [2.75, 3.05) is 18.6 Å². The van der Waals surface area contributed by atoms with Gasteiger partial charge in [0.1, 0.15) is 11.5 Å². The molecule has 1 N–H and O–H groups in total. The number of nitrogens with zero attached hydrogens (tertiary/aromatic N) is 3. The molecule has 0 bridgehead atoms. The molecule has 0 radical (unpaired) electrons. The summed E-state index contributed by atoms with van der Waals surface area (Å²) in [4.78, 5) is 6.74. The van der Waals surface area contributed by atoms with Crippen molar-refractivity contribution in [1.82, 2.24) is 15.5 Å². The summed E-state index contributed by atoms with van der Waals surface area (Å²) in [6.45, 7) is 4.59. The molecule has 0 aliphatic carbocycles. The molecule has 0 amide bonds. The summed E-state index contributed by atoms with van der Waals surface area (Å²) in [5.41, 5.74) is 4.53. The number of allylic oxidation sites excluding steroid dienone is 1. The Hall–Kier alpha value is -4.17. The average Bonchev–Trinajstić information content (AvgIpc) is 3.40. The third-order valence-electron chi connectivity index (χ3n) is 6.03. The second kappa shape index (κ2) is 10.2. The molecule has 2 heterocycles. The lowest BCUT2D eigenvalue weighted by molar-refractivity contribution is 0.340. The van der Waals surface area contributed by atoms with Gasteiger partial charge >= 0.3 is 0 Å². The van der Waals surface area contributed by atoms with Crippen LogP contribution in [-0.4, -0.2) is 29.0 Å². The van der Waals surface area contributed by atoms with Crippen molar-refractivity contribution < 1.29 is 14.0 Å². The zero-order chi connectivity index (χ0) is 25.1. The van der Waals surface area contributed by atoms with Crippen molar-refractivity contribution in [2.24, 2.45) is 0 Å². The lowest BCUT2D eigenvalue weighted by Gasteiger charge is -2.37. The maximum Gasteiger partial charge on any atom is 0.258 e. The molecule has 0 spiro atoms. The maximum atomic E-state index is 5.83. The van der Waals surface area contributed by atoms with Crippen LogP contribution in [-0.2, 0) is 0 Å². The highest BCUT2D eigenvalue weighted by atomic mass is 32.1. The van der Waals surface area contributed by atoms with E-state index in [0.717, 1.165) is 39.6 Å². The molecule has 182 valence electrons. The number of rotatable bonds is 7. The molecular weight excluding hydrogens is 472 g/mol. The predicted octanol–water partition coefficient (Wildman–Crippen LogP) is 6.01. The van der Waals surface area contributed by atoms with Gasteiger partial charge in [-0.05, 0) is 68.0 Å². The summed E-state index contributed by atoms with van der Waals surface area (Å²) in [7, 11) is 1.65. The van der Waals surface area contributed by atoms with Crippen LogP contribution in [0, 0.1) is 0 Å². The fourth-order valence-electron chi connectivity index (χ4n) is 4.27. The molecule has 3 aromatic carbocycles. The average molecular weight is 499 g/mol. The minimum Gasteiger partial charge on any atom is -0.497 e. The number of ether oxygens (including phenoxy) is 2. The largest absolute Gasteiger partial charge is 0.497 e. The Balaban J connectivity index is 1.61. The van der Waals surface area contributed by atoms with Gasteiger partial charge in [0.05, 0.1) is 25.3 Å². The fourth-order valence-corrected chi connectivity index (χ4v) is 4.63. The van der Waals surface area contributed by atoms with Crippen LogP contribution in [0.15, 0.2) is 89.1 Å². The van der Waals surface area contributed by atoms with E-state index in [-0.39, 0.29) is 6.04 Å². The minimum atomic E-state index is -0.285. The van der Waals surface area contributed by atoms with Gasteiger partial charge in [0.15, 0.2) is 5.11 Å². The van der Waals surface area contributed by atoms with E-state index in [0.29, 0.717) is 23.4 Å². The number of hydrogen-bond acceptors (Lipinski definition) is 6. The number of hydrogen-bond donors (Lipinski definition) is 1. The third kappa shape index (κ3) is 4.55. The van der Waals surface area contributed by atoms with E-state index in [2.05, 4.69) is 10.5 Å². The molecule has 1 atom stereocenters. The third-order valence-corrected chi connectivity index (χ3v) is 6.33. The molecule has 1 unspecified atom stereocenters. The molecule has 0 saturated heterocycles. The lowest BCUT2D eigenvalue weighted by atomic mass is 9.94. The Morgan fingerprint density at radius 1 is 0.972 bits per heavy atom. The number of thiocarbonyl (C=S) groups is 1. The Morgan fingerprint density at radius 3 is 2.33 bits per heavy atom. The number of nitrogens with one attached hydrogen (secondary N) is 1. The van der Waals surface area contributed by atoms with Gasteiger partial charge in [0.2, 0.25) is 5.82 Å². The smallest absolute Gasteiger partial charge is 0.258 e. The first kappa shape index (κ1) is 23.6. The maximum absolute atomic E-state index is 5.83. The van der Waals surface area contributed by atoms with Crippen LogP contribution in [0.25, 0.3) is 17.0 Å². The van der Waals surface area contributed by atoms with Gasteiger partial charge in [0, 0.05) is 16.9 Å². The summed E-state index contributed by atoms with van der Waals surface area (Å²) in [5.74, 6) is 2.54. The molecule has 4 aromatic rings. The molecule has 36 heavy (non-hydrogen) atoms. The van der Waals surface area contributed by atoms with Crippen molar-refractivity contribution in [3.05, 3.63) is 96.0 Å². The Kier molecular flexibility index (Phi) is 6.69. The Labute approximate surface area is 215 Å². The van der Waals surface area contributed by atoms with Crippen LogP contribution in [0.1, 0.15) is 31.3 Å². The van der Waals surface area contributed by atoms with Crippen LogP contribution in [0.2, 0.25) is 0 Å². The van der Waals surface area contributed by atoms with E-state index in [4.69, 9.17) is 31.2 Å². The summed E-state index contributed by atoms with van der Waals surface area (Å²) < 4.78 is 16.8. The number of aromatic nitrogens is 2. The number of anilines is 1. The normalized spacial score (nSPS) is 15.6. The first-order valence-electron chi connectivity index (χ1n) is 11.7. The molecular formula is C28H26N4O3S.